The minimum absolute atomic E-state index is 0.158. The second kappa shape index (κ2) is 9.21. The van der Waals surface area contributed by atoms with Crippen LogP contribution in [0.4, 0.5) is 0 Å². The van der Waals surface area contributed by atoms with Crippen LogP contribution in [0.5, 0.6) is 0 Å². The van der Waals surface area contributed by atoms with E-state index in [0.29, 0.717) is 6.42 Å². The van der Waals surface area contributed by atoms with Crippen molar-refractivity contribution in [2.45, 2.75) is 33.2 Å². The lowest BCUT2D eigenvalue weighted by molar-refractivity contribution is -0.148. The maximum absolute atomic E-state index is 12.9. The third kappa shape index (κ3) is 5.32. The van der Waals surface area contributed by atoms with Crippen LogP contribution in [0.3, 0.4) is 0 Å². The van der Waals surface area contributed by atoms with E-state index in [1.807, 2.05) is 30.5 Å². The molecule has 0 bridgehead atoms. The number of para-hydroxylation sites is 1. The van der Waals surface area contributed by atoms with Crippen LogP contribution in [0.1, 0.15) is 26.3 Å². The van der Waals surface area contributed by atoms with Crippen LogP contribution in [0, 0.1) is 5.92 Å². The number of rotatable bonds is 8. The van der Waals surface area contributed by atoms with Crippen LogP contribution in [-0.4, -0.2) is 53.9 Å². The Balaban J connectivity index is 2.21. The first-order valence-electron chi connectivity index (χ1n) is 9.09. The van der Waals surface area contributed by atoms with Crippen molar-refractivity contribution in [2.75, 3.05) is 20.2 Å². The molecule has 0 spiro atoms. The highest BCUT2D eigenvalue weighted by Crippen LogP contribution is 2.19. The molecular weight excluding hydrogens is 346 g/mol. The molecule has 2 N–H and O–H groups in total. The van der Waals surface area contributed by atoms with Crippen molar-refractivity contribution in [3.8, 4) is 0 Å². The average molecular weight is 373 g/mol. The van der Waals surface area contributed by atoms with Crippen molar-refractivity contribution in [1.82, 2.24) is 15.2 Å². The highest BCUT2D eigenvalue weighted by Gasteiger charge is 2.27. The van der Waals surface area contributed by atoms with E-state index in [4.69, 9.17) is 4.74 Å². The van der Waals surface area contributed by atoms with Gasteiger partial charge in [-0.3, -0.25) is 14.4 Å². The molecule has 0 saturated carbocycles. The third-order valence-electron chi connectivity index (χ3n) is 4.29. The fourth-order valence-electron chi connectivity index (χ4n) is 2.80. The number of amides is 2. The van der Waals surface area contributed by atoms with E-state index in [-0.39, 0.29) is 30.9 Å². The number of hydrogen-bond donors (Lipinski definition) is 2. The molecule has 2 amide bonds. The van der Waals surface area contributed by atoms with Crippen molar-refractivity contribution < 1.29 is 19.1 Å². The number of fused-ring (bicyclic) bond motifs is 1. The Morgan fingerprint density at radius 1 is 1.22 bits per heavy atom. The summed E-state index contributed by atoms with van der Waals surface area (Å²) in [6, 6.07) is 7.01. The molecule has 0 radical (unpaired) electrons. The normalized spacial score (nSPS) is 12.0. The number of nitrogens with zero attached hydrogens (tertiary/aromatic N) is 1. The largest absolute Gasteiger partial charge is 0.465 e. The topological polar surface area (TPSA) is 91.5 Å². The fourth-order valence-corrected chi connectivity index (χ4v) is 2.80. The predicted molar refractivity (Wildman–Crippen MR) is 103 cm³/mol. The molecule has 1 aromatic heterocycles. The van der Waals surface area contributed by atoms with Gasteiger partial charge in [0, 0.05) is 36.5 Å². The average Bonchev–Trinajstić information content (AvgIpc) is 3.03. The predicted octanol–water partition coefficient (Wildman–Crippen LogP) is 1.87. The maximum Gasteiger partial charge on any atom is 0.325 e. The number of hydrogen-bond acceptors (Lipinski definition) is 4. The Morgan fingerprint density at radius 3 is 2.59 bits per heavy atom. The molecule has 0 aliphatic rings. The van der Waals surface area contributed by atoms with Crippen LogP contribution in [0.15, 0.2) is 30.5 Å². The molecule has 0 saturated heterocycles. The molecule has 1 aromatic carbocycles. The number of nitrogens with one attached hydrogen (secondary N) is 2. The van der Waals surface area contributed by atoms with E-state index in [1.54, 1.807) is 20.8 Å². The van der Waals surface area contributed by atoms with Gasteiger partial charge in [-0.15, -0.1) is 0 Å². The van der Waals surface area contributed by atoms with Crippen molar-refractivity contribution in [1.29, 1.82) is 0 Å². The smallest absolute Gasteiger partial charge is 0.325 e. The Morgan fingerprint density at radius 2 is 1.93 bits per heavy atom. The molecule has 146 valence electrons. The summed E-state index contributed by atoms with van der Waals surface area (Å²) in [7, 11) is 1.53. The van der Waals surface area contributed by atoms with Crippen LogP contribution in [0.25, 0.3) is 10.9 Å². The summed E-state index contributed by atoms with van der Waals surface area (Å²) in [5.41, 5.74) is 1.89. The van der Waals surface area contributed by atoms with Gasteiger partial charge in [-0.25, -0.2) is 0 Å². The standard InChI is InChI=1S/C20H27N3O4/c1-5-27-18(24)12-23(4)20(26)17(22-19(25)13(2)3)10-14-11-21-16-9-7-6-8-15(14)16/h6-9,11,13,17,21H,5,10,12H2,1-4H3,(H,22,25). The van der Waals surface area contributed by atoms with Crippen LogP contribution in [-0.2, 0) is 25.5 Å². The second-order valence-corrected chi connectivity index (χ2v) is 6.78. The molecule has 1 atom stereocenters. The molecule has 27 heavy (non-hydrogen) atoms. The molecule has 2 rings (SSSR count). The second-order valence-electron chi connectivity index (χ2n) is 6.78. The Labute approximate surface area is 159 Å². The number of H-pyrrole nitrogens is 1. The fraction of sp³-hybridized carbons (Fsp3) is 0.450. The van der Waals surface area contributed by atoms with Gasteiger partial charge in [-0.05, 0) is 18.6 Å². The number of aromatic amines is 1. The highest BCUT2D eigenvalue weighted by molar-refractivity contribution is 5.91. The Hall–Kier alpha value is -2.83. The number of carbonyl (C=O) groups excluding carboxylic acids is 3. The van der Waals surface area contributed by atoms with Crippen molar-refractivity contribution in [2.24, 2.45) is 5.92 Å². The number of carbonyl (C=O) groups is 3. The van der Waals surface area contributed by atoms with Crippen LogP contribution >= 0.6 is 0 Å². The monoisotopic (exact) mass is 373 g/mol. The van der Waals surface area contributed by atoms with Gasteiger partial charge in [0.05, 0.1) is 6.61 Å². The van der Waals surface area contributed by atoms with Gasteiger partial charge in [0.2, 0.25) is 11.8 Å². The van der Waals surface area contributed by atoms with Gasteiger partial charge >= 0.3 is 5.97 Å². The maximum atomic E-state index is 12.9. The number of likely N-dealkylation sites (N-methyl/N-ethyl adjacent to an activating group) is 1. The molecule has 1 unspecified atom stereocenters. The lowest BCUT2D eigenvalue weighted by Gasteiger charge is -2.24. The zero-order valence-electron chi connectivity index (χ0n) is 16.2. The minimum atomic E-state index is -0.765. The van der Waals surface area contributed by atoms with Gasteiger partial charge in [-0.1, -0.05) is 32.0 Å². The van der Waals surface area contributed by atoms with E-state index in [9.17, 15) is 14.4 Å². The first-order valence-corrected chi connectivity index (χ1v) is 9.09. The van der Waals surface area contributed by atoms with E-state index < -0.39 is 12.0 Å². The highest BCUT2D eigenvalue weighted by atomic mass is 16.5. The number of benzene rings is 1. The Bertz CT molecular complexity index is 812. The molecular formula is C20H27N3O4. The molecule has 7 nitrogen and oxygen atoms in total. The summed E-state index contributed by atoms with van der Waals surface area (Å²) in [6.07, 6.45) is 2.17. The van der Waals surface area contributed by atoms with Gasteiger partial charge in [0.1, 0.15) is 12.6 Å². The lowest BCUT2D eigenvalue weighted by atomic mass is 10.0. The first kappa shape index (κ1) is 20.5. The zero-order chi connectivity index (χ0) is 20.0. The summed E-state index contributed by atoms with van der Waals surface area (Å²) in [6.45, 7) is 5.34. The van der Waals surface area contributed by atoms with Gasteiger partial charge < -0.3 is 19.9 Å². The summed E-state index contributed by atoms with van der Waals surface area (Å²) in [5, 5.41) is 3.81. The van der Waals surface area contributed by atoms with Gasteiger partial charge in [0.15, 0.2) is 0 Å². The lowest BCUT2D eigenvalue weighted by Crippen LogP contribution is -2.50. The van der Waals surface area contributed by atoms with Gasteiger partial charge in [0.25, 0.3) is 0 Å². The molecule has 0 fully saturated rings. The quantitative estimate of drug-likeness (QED) is 0.691. The third-order valence-corrected chi connectivity index (χ3v) is 4.29. The summed E-state index contributed by atoms with van der Waals surface area (Å²) >= 11 is 0. The first-order chi connectivity index (χ1) is 12.8. The Kier molecular flexibility index (Phi) is 6.98. The number of esters is 1. The zero-order valence-corrected chi connectivity index (χ0v) is 16.2. The van der Waals surface area contributed by atoms with Crippen molar-refractivity contribution in [3.63, 3.8) is 0 Å². The molecule has 7 heteroatoms. The molecule has 2 aromatic rings. The van der Waals surface area contributed by atoms with Crippen LogP contribution < -0.4 is 5.32 Å². The number of ether oxygens (including phenoxy) is 1. The summed E-state index contributed by atoms with van der Waals surface area (Å²) < 4.78 is 4.90. The summed E-state index contributed by atoms with van der Waals surface area (Å²) in [4.78, 5) is 41.3. The van der Waals surface area contributed by atoms with E-state index in [2.05, 4.69) is 10.3 Å². The van der Waals surface area contributed by atoms with E-state index in [1.165, 1.54) is 11.9 Å². The van der Waals surface area contributed by atoms with Gasteiger partial charge in [-0.2, -0.15) is 0 Å². The van der Waals surface area contributed by atoms with Crippen molar-refractivity contribution in [3.05, 3.63) is 36.0 Å². The number of aromatic nitrogens is 1. The minimum Gasteiger partial charge on any atom is -0.465 e. The molecule has 0 aliphatic carbocycles. The van der Waals surface area contributed by atoms with E-state index >= 15 is 0 Å². The van der Waals surface area contributed by atoms with Crippen molar-refractivity contribution >= 4 is 28.7 Å². The summed E-state index contributed by atoms with van der Waals surface area (Å²) in [5.74, 6) is -1.27. The molecule has 0 aliphatic heterocycles. The van der Waals surface area contributed by atoms with Crippen LogP contribution in [0.2, 0.25) is 0 Å². The van der Waals surface area contributed by atoms with E-state index in [0.717, 1.165) is 16.5 Å². The SMILES string of the molecule is CCOC(=O)CN(C)C(=O)C(Cc1c[nH]c2ccccc12)NC(=O)C(C)C. The molecule has 1 heterocycles.